The maximum Gasteiger partial charge on any atom is 0.178 e. The molecule has 62 valence electrons. The second kappa shape index (κ2) is 2.68. The molecule has 0 aromatic heterocycles. The van der Waals surface area contributed by atoms with E-state index in [-0.39, 0.29) is 11.2 Å². The molecule has 0 amide bonds. The van der Waals surface area contributed by atoms with Gasteiger partial charge in [-0.2, -0.15) is 0 Å². The molecule has 1 N–H and O–H groups in total. The van der Waals surface area contributed by atoms with E-state index in [0.29, 0.717) is 6.42 Å². The summed E-state index contributed by atoms with van der Waals surface area (Å²) in [4.78, 5) is 11.3. The van der Waals surface area contributed by atoms with Gasteiger partial charge >= 0.3 is 0 Å². The Morgan fingerprint density at radius 1 is 1.55 bits per heavy atom. The van der Waals surface area contributed by atoms with E-state index in [1.165, 1.54) is 0 Å². The van der Waals surface area contributed by atoms with Crippen molar-refractivity contribution in [2.45, 2.75) is 26.7 Å². The maximum absolute atomic E-state index is 11.3. The van der Waals surface area contributed by atoms with Gasteiger partial charge in [-0.15, -0.1) is 0 Å². The van der Waals surface area contributed by atoms with Gasteiger partial charge < -0.3 is 5.32 Å². The lowest BCUT2D eigenvalue weighted by Gasteiger charge is -2.27. The third-order valence-electron chi connectivity index (χ3n) is 2.07. The van der Waals surface area contributed by atoms with E-state index in [9.17, 15) is 4.79 Å². The average molecular weight is 153 g/mol. The highest BCUT2D eigenvalue weighted by Gasteiger charge is 2.26. The molecule has 0 aliphatic heterocycles. The van der Waals surface area contributed by atoms with E-state index in [0.717, 1.165) is 12.1 Å². The molecule has 0 saturated heterocycles. The van der Waals surface area contributed by atoms with Crippen LogP contribution in [-0.4, -0.2) is 12.8 Å². The number of ketones is 1. The van der Waals surface area contributed by atoms with Crippen LogP contribution >= 0.6 is 0 Å². The van der Waals surface area contributed by atoms with Gasteiger partial charge in [-0.05, 0) is 11.8 Å². The van der Waals surface area contributed by atoms with Crippen molar-refractivity contribution in [2.75, 3.05) is 7.05 Å². The van der Waals surface area contributed by atoms with Gasteiger partial charge in [0, 0.05) is 13.5 Å². The summed E-state index contributed by atoms with van der Waals surface area (Å²) in [6, 6.07) is 0. The molecular weight excluding hydrogens is 138 g/mol. The third kappa shape index (κ3) is 1.82. The van der Waals surface area contributed by atoms with Crippen LogP contribution in [0.4, 0.5) is 0 Å². The fourth-order valence-corrected chi connectivity index (χ4v) is 1.34. The highest BCUT2D eigenvalue weighted by Crippen LogP contribution is 2.31. The van der Waals surface area contributed by atoms with Crippen molar-refractivity contribution in [1.29, 1.82) is 0 Å². The summed E-state index contributed by atoms with van der Waals surface area (Å²) >= 11 is 0. The number of allylic oxidation sites excluding steroid dienone is 2. The van der Waals surface area contributed by atoms with E-state index in [1.54, 1.807) is 7.05 Å². The summed E-state index contributed by atoms with van der Waals surface area (Å²) in [6.45, 7) is 4.24. The van der Waals surface area contributed by atoms with Crippen LogP contribution in [0.3, 0.4) is 0 Å². The van der Waals surface area contributed by atoms with Crippen LogP contribution in [0.25, 0.3) is 0 Å². The summed E-state index contributed by atoms with van der Waals surface area (Å²) < 4.78 is 0. The Balaban J connectivity index is 2.76. The van der Waals surface area contributed by atoms with Crippen molar-refractivity contribution in [3.8, 4) is 0 Å². The Morgan fingerprint density at radius 3 is 2.64 bits per heavy atom. The zero-order valence-corrected chi connectivity index (χ0v) is 7.40. The van der Waals surface area contributed by atoms with Crippen LogP contribution in [0, 0.1) is 5.41 Å². The third-order valence-corrected chi connectivity index (χ3v) is 2.07. The molecule has 0 spiro atoms. The van der Waals surface area contributed by atoms with Gasteiger partial charge in [0.05, 0.1) is 5.70 Å². The van der Waals surface area contributed by atoms with Crippen molar-refractivity contribution in [2.24, 2.45) is 5.41 Å². The molecule has 0 atom stereocenters. The van der Waals surface area contributed by atoms with Crippen LogP contribution in [0.2, 0.25) is 0 Å². The molecule has 2 heteroatoms. The molecule has 0 radical (unpaired) electrons. The zero-order chi connectivity index (χ0) is 8.48. The van der Waals surface area contributed by atoms with Crippen LogP contribution in [0.5, 0.6) is 0 Å². The van der Waals surface area contributed by atoms with Crippen molar-refractivity contribution < 1.29 is 4.79 Å². The largest absolute Gasteiger partial charge is 0.386 e. The molecule has 0 unspecified atom stereocenters. The molecule has 1 aliphatic rings. The fraction of sp³-hybridized carbons (Fsp3) is 0.667. The molecule has 1 rings (SSSR count). The minimum atomic E-state index is 0.164. The van der Waals surface area contributed by atoms with Crippen molar-refractivity contribution in [3.05, 3.63) is 11.8 Å². The molecule has 0 aromatic rings. The van der Waals surface area contributed by atoms with Crippen molar-refractivity contribution >= 4 is 5.78 Å². The lowest BCUT2D eigenvalue weighted by molar-refractivity contribution is -0.118. The maximum atomic E-state index is 11.3. The molecule has 0 saturated carbocycles. The van der Waals surface area contributed by atoms with E-state index < -0.39 is 0 Å². The Morgan fingerprint density at radius 2 is 2.18 bits per heavy atom. The van der Waals surface area contributed by atoms with Gasteiger partial charge in [0.1, 0.15) is 0 Å². The first-order valence-corrected chi connectivity index (χ1v) is 3.96. The number of carbonyl (C=O) groups is 1. The fourth-order valence-electron chi connectivity index (χ4n) is 1.34. The number of Topliss-reactive ketones (excluding diaryl/α,β-unsaturated/α-hetero) is 1. The van der Waals surface area contributed by atoms with Crippen LogP contribution < -0.4 is 5.32 Å². The van der Waals surface area contributed by atoms with E-state index in [1.807, 2.05) is 6.08 Å². The van der Waals surface area contributed by atoms with Crippen molar-refractivity contribution in [1.82, 2.24) is 5.32 Å². The Labute approximate surface area is 67.7 Å². The number of nitrogens with one attached hydrogen (secondary N) is 1. The summed E-state index contributed by atoms with van der Waals surface area (Å²) in [6.07, 6.45) is 3.65. The van der Waals surface area contributed by atoms with Gasteiger partial charge in [0.25, 0.3) is 0 Å². The standard InChI is InChI=1S/C9H15NO/c1-9(2)5-4-7(10-3)8(11)6-9/h4,10H,5-6H2,1-3H3. The number of hydrogen-bond acceptors (Lipinski definition) is 2. The second-order valence-corrected chi connectivity index (χ2v) is 3.84. The van der Waals surface area contributed by atoms with Gasteiger partial charge in [-0.1, -0.05) is 19.9 Å². The first kappa shape index (κ1) is 8.31. The first-order valence-electron chi connectivity index (χ1n) is 3.96. The average Bonchev–Trinajstić information content (AvgIpc) is 1.86. The molecule has 1 aliphatic carbocycles. The van der Waals surface area contributed by atoms with Crippen LogP contribution in [-0.2, 0) is 4.79 Å². The Kier molecular flexibility index (Phi) is 2.03. The molecular formula is C9H15NO. The van der Waals surface area contributed by atoms with Gasteiger partial charge in [0.2, 0.25) is 0 Å². The van der Waals surface area contributed by atoms with Gasteiger partial charge in [-0.25, -0.2) is 0 Å². The molecule has 0 fully saturated rings. The van der Waals surface area contributed by atoms with Crippen LogP contribution in [0.1, 0.15) is 26.7 Å². The SMILES string of the molecule is CNC1=CCC(C)(C)CC1=O. The number of likely N-dealkylation sites (N-methyl/N-ethyl adjacent to an activating group) is 1. The minimum Gasteiger partial charge on any atom is -0.386 e. The Hall–Kier alpha value is -0.790. The van der Waals surface area contributed by atoms with Gasteiger partial charge in [-0.3, -0.25) is 4.79 Å². The Bertz CT molecular complexity index is 204. The van der Waals surface area contributed by atoms with E-state index in [4.69, 9.17) is 0 Å². The van der Waals surface area contributed by atoms with Crippen molar-refractivity contribution in [3.63, 3.8) is 0 Å². The number of rotatable bonds is 1. The topological polar surface area (TPSA) is 29.1 Å². The highest BCUT2D eigenvalue weighted by molar-refractivity contribution is 5.95. The minimum absolute atomic E-state index is 0.164. The lowest BCUT2D eigenvalue weighted by Crippen LogP contribution is -2.27. The quantitative estimate of drug-likeness (QED) is 0.618. The molecule has 11 heavy (non-hydrogen) atoms. The number of hydrogen-bond donors (Lipinski definition) is 1. The van der Waals surface area contributed by atoms with E-state index >= 15 is 0 Å². The summed E-state index contributed by atoms with van der Waals surface area (Å²) in [5.74, 6) is 0.240. The predicted octanol–water partition coefficient (Wildman–Crippen LogP) is 1.48. The number of carbonyl (C=O) groups excluding carboxylic acids is 1. The summed E-state index contributed by atoms with van der Waals surface area (Å²) in [7, 11) is 1.79. The monoisotopic (exact) mass is 153 g/mol. The second-order valence-electron chi connectivity index (χ2n) is 3.84. The highest BCUT2D eigenvalue weighted by atomic mass is 16.1. The summed E-state index contributed by atoms with van der Waals surface area (Å²) in [5.41, 5.74) is 0.946. The lowest BCUT2D eigenvalue weighted by atomic mass is 9.79. The summed E-state index contributed by atoms with van der Waals surface area (Å²) in [5, 5.41) is 2.90. The smallest absolute Gasteiger partial charge is 0.178 e. The molecule has 0 aromatic carbocycles. The molecule has 0 heterocycles. The molecule has 0 bridgehead atoms. The normalized spacial score (nSPS) is 22.8. The van der Waals surface area contributed by atoms with E-state index in [2.05, 4.69) is 19.2 Å². The van der Waals surface area contributed by atoms with Gasteiger partial charge in [0.15, 0.2) is 5.78 Å². The zero-order valence-electron chi connectivity index (χ0n) is 7.40. The predicted molar refractivity (Wildman–Crippen MR) is 45.2 cm³/mol. The van der Waals surface area contributed by atoms with Crippen LogP contribution in [0.15, 0.2) is 11.8 Å². The first-order chi connectivity index (χ1) is 5.05. The molecule has 2 nitrogen and oxygen atoms in total.